The highest BCUT2D eigenvalue weighted by Gasteiger charge is 2.33. The molecule has 0 saturated heterocycles. The standard InChI is InChI=1S/C15H25N3OS/c1-9(2)13(19)14-12(16)11(10-5-6-10)15(20-14)17-7-8-18(3)4/h9-10,17H,5-8,16H2,1-4H3. The Labute approximate surface area is 125 Å². The van der Waals surface area contributed by atoms with E-state index < -0.39 is 0 Å². The Balaban J connectivity index is 2.21. The molecule has 20 heavy (non-hydrogen) atoms. The molecule has 0 amide bonds. The number of nitrogen functional groups attached to an aromatic ring is 1. The summed E-state index contributed by atoms with van der Waals surface area (Å²) in [5.41, 5.74) is 8.17. The molecule has 0 atom stereocenters. The van der Waals surface area contributed by atoms with Crippen molar-refractivity contribution in [3.63, 3.8) is 0 Å². The lowest BCUT2D eigenvalue weighted by Gasteiger charge is -2.11. The predicted molar refractivity (Wildman–Crippen MR) is 86.9 cm³/mol. The summed E-state index contributed by atoms with van der Waals surface area (Å²) in [6.45, 7) is 5.70. The van der Waals surface area contributed by atoms with Gasteiger partial charge in [-0.3, -0.25) is 4.79 Å². The SMILES string of the molecule is CC(C)C(=O)c1sc(NCCN(C)C)c(C2CC2)c1N. The monoisotopic (exact) mass is 295 g/mol. The summed E-state index contributed by atoms with van der Waals surface area (Å²) in [6.07, 6.45) is 2.39. The van der Waals surface area contributed by atoms with E-state index >= 15 is 0 Å². The van der Waals surface area contributed by atoms with Crippen molar-refractivity contribution in [2.24, 2.45) is 5.92 Å². The van der Waals surface area contributed by atoms with Crippen LogP contribution in [-0.2, 0) is 0 Å². The lowest BCUT2D eigenvalue weighted by Crippen LogP contribution is -2.20. The molecule has 1 aliphatic carbocycles. The zero-order valence-electron chi connectivity index (χ0n) is 12.8. The van der Waals surface area contributed by atoms with Gasteiger partial charge in [-0.1, -0.05) is 13.8 Å². The van der Waals surface area contributed by atoms with Crippen molar-refractivity contribution in [1.29, 1.82) is 0 Å². The molecule has 4 nitrogen and oxygen atoms in total. The zero-order chi connectivity index (χ0) is 14.9. The number of nitrogens with one attached hydrogen (secondary N) is 1. The van der Waals surface area contributed by atoms with Crippen LogP contribution in [0.3, 0.4) is 0 Å². The van der Waals surface area contributed by atoms with E-state index in [1.54, 1.807) is 0 Å². The summed E-state index contributed by atoms with van der Waals surface area (Å²) in [4.78, 5) is 15.1. The summed E-state index contributed by atoms with van der Waals surface area (Å²) in [5.74, 6) is 0.717. The number of ketones is 1. The van der Waals surface area contributed by atoms with Gasteiger partial charge in [-0.05, 0) is 32.9 Å². The van der Waals surface area contributed by atoms with Crippen LogP contribution in [0.1, 0.15) is 47.8 Å². The van der Waals surface area contributed by atoms with Gasteiger partial charge in [0.2, 0.25) is 0 Å². The molecule has 0 unspecified atom stereocenters. The minimum absolute atomic E-state index is 0.00220. The number of likely N-dealkylation sites (N-methyl/N-ethyl adjacent to an activating group) is 1. The first-order chi connectivity index (χ1) is 9.41. The lowest BCUT2D eigenvalue weighted by atomic mass is 10.0. The second-order valence-electron chi connectivity index (χ2n) is 6.11. The van der Waals surface area contributed by atoms with Crippen LogP contribution < -0.4 is 11.1 Å². The second-order valence-corrected chi connectivity index (χ2v) is 7.13. The molecule has 112 valence electrons. The molecule has 1 aromatic rings. The number of anilines is 2. The number of nitrogens with zero attached hydrogens (tertiary/aromatic N) is 1. The maximum Gasteiger partial charge on any atom is 0.177 e. The predicted octanol–water partition coefficient (Wildman–Crippen LogP) is 3.02. The number of hydrogen-bond donors (Lipinski definition) is 2. The second kappa shape index (κ2) is 6.14. The van der Waals surface area contributed by atoms with Crippen LogP contribution in [0.4, 0.5) is 10.7 Å². The van der Waals surface area contributed by atoms with E-state index in [1.165, 1.54) is 29.7 Å². The van der Waals surface area contributed by atoms with Gasteiger partial charge in [-0.15, -0.1) is 11.3 Å². The van der Waals surface area contributed by atoms with Gasteiger partial charge in [0, 0.05) is 24.6 Å². The molecule has 1 aliphatic rings. The number of carbonyl (C=O) groups is 1. The number of nitrogens with two attached hydrogens (primary N) is 1. The maximum absolute atomic E-state index is 12.3. The van der Waals surface area contributed by atoms with Gasteiger partial charge in [0.05, 0.1) is 15.6 Å². The third-order valence-electron chi connectivity index (χ3n) is 3.56. The minimum Gasteiger partial charge on any atom is -0.397 e. The van der Waals surface area contributed by atoms with Gasteiger partial charge in [0.1, 0.15) is 0 Å². The first-order valence-electron chi connectivity index (χ1n) is 7.26. The molecule has 0 aromatic carbocycles. The number of rotatable bonds is 7. The summed E-state index contributed by atoms with van der Waals surface area (Å²) >= 11 is 1.54. The van der Waals surface area contributed by atoms with Crippen LogP contribution in [-0.4, -0.2) is 37.9 Å². The maximum atomic E-state index is 12.3. The van der Waals surface area contributed by atoms with Crippen molar-refractivity contribution < 1.29 is 4.79 Å². The summed E-state index contributed by atoms with van der Waals surface area (Å²) in [7, 11) is 4.11. The van der Waals surface area contributed by atoms with Crippen LogP contribution in [0.5, 0.6) is 0 Å². The molecular formula is C15H25N3OS. The van der Waals surface area contributed by atoms with Crippen LogP contribution in [0.15, 0.2) is 0 Å². The molecule has 3 N–H and O–H groups in total. The third kappa shape index (κ3) is 3.33. The Hall–Kier alpha value is -1.07. The van der Waals surface area contributed by atoms with Crippen LogP contribution in [0.25, 0.3) is 0 Å². The molecule has 0 bridgehead atoms. The summed E-state index contributed by atoms with van der Waals surface area (Å²) in [6, 6.07) is 0. The molecule has 0 spiro atoms. The Morgan fingerprint density at radius 2 is 2.10 bits per heavy atom. The summed E-state index contributed by atoms with van der Waals surface area (Å²) < 4.78 is 0. The molecule has 1 saturated carbocycles. The fraction of sp³-hybridized carbons (Fsp3) is 0.667. The van der Waals surface area contributed by atoms with E-state index in [9.17, 15) is 4.79 Å². The van der Waals surface area contributed by atoms with Crippen LogP contribution in [0.2, 0.25) is 0 Å². The first kappa shape index (κ1) is 15.3. The van der Waals surface area contributed by atoms with Crippen molar-refractivity contribution in [2.45, 2.75) is 32.6 Å². The van der Waals surface area contributed by atoms with E-state index in [-0.39, 0.29) is 11.7 Å². The highest BCUT2D eigenvalue weighted by atomic mass is 32.1. The Morgan fingerprint density at radius 1 is 1.45 bits per heavy atom. The van der Waals surface area contributed by atoms with Gasteiger partial charge >= 0.3 is 0 Å². The molecule has 0 aliphatic heterocycles. The Morgan fingerprint density at radius 3 is 2.60 bits per heavy atom. The smallest absolute Gasteiger partial charge is 0.177 e. The van der Waals surface area contributed by atoms with Crippen molar-refractivity contribution >= 4 is 27.8 Å². The van der Waals surface area contributed by atoms with Crippen molar-refractivity contribution in [3.05, 3.63) is 10.4 Å². The fourth-order valence-electron chi connectivity index (χ4n) is 2.20. The molecule has 5 heteroatoms. The largest absolute Gasteiger partial charge is 0.397 e. The molecule has 1 heterocycles. The molecule has 0 radical (unpaired) electrons. The van der Waals surface area contributed by atoms with E-state index in [0.717, 1.165) is 28.7 Å². The Bertz CT molecular complexity index is 490. The molecule has 2 rings (SSSR count). The topological polar surface area (TPSA) is 58.4 Å². The normalized spacial score (nSPS) is 15.1. The van der Waals surface area contributed by atoms with Gasteiger partial charge in [0.25, 0.3) is 0 Å². The van der Waals surface area contributed by atoms with E-state index in [1.807, 2.05) is 13.8 Å². The van der Waals surface area contributed by atoms with Crippen molar-refractivity contribution in [2.75, 3.05) is 38.2 Å². The molecule has 1 aromatic heterocycles. The van der Waals surface area contributed by atoms with Gasteiger partial charge < -0.3 is 16.0 Å². The number of Topliss-reactive ketones (excluding diaryl/α,β-unsaturated/α-hetero) is 1. The van der Waals surface area contributed by atoms with E-state index in [2.05, 4.69) is 24.3 Å². The van der Waals surface area contributed by atoms with Crippen molar-refractivity contribution in [3.8, 4) is 0 Å². The number of carbonyl (C=O) groups excluding carboxylic acids is 1. The molecule has 1 fully saturated rings. The zero-order valence-corrected chi connectivity index (χ0v) is 13.6. The average Bonchev–Trinajstić information content (AvgIpc) is 3.13. The average molecular weight is 295 g/mol. The summed E-state index contributed by atoms with van der Waals surface area (Å²) in [5, 5.41) is 4.57. The minimum atomic E-state index is -0.00220. The van der Waals surface area contributed by atoms with Crippen LogP contribution >= 0.6 is 11.3 Å². The highest BCUT2D eigenvalue weighted by molar-refractivity contribution is 7.18. The third-order valence-corrected chi connectivity index (χ3v) is 4.76. The van der Waals surface area contributed by atoms with E-state index in [0.29, 0.717) is 5.92 Å². The first-order valence-corrected chi connectivity index (χ1v) is 8.08. The quantitative estimate of drug-likeness (QED) is 0.759. The van der Waals surface area contributed by atoms with Gasteiger partial charge in [0.15, 0.2) is 5.78 Å². The Kier molecular flexibility index (Phi) is 4.70. The van der Waals surface area contributed by atoms with E-state index in [4.69, 9.17) is 5.73 Å². The van der Waals surface area contributed by atoms with Gasteiger partial charge in [-0.25, -0.2) is 0 Å². The van der Waals surface area contributed by atoms with Crippen LogP contribution in [0, 0.1) is 5.92 Å². The highest BCUT2D eigenvalue weighted by Crippen LogP contribution is 2.51. The number of hydrogen-bond acceptors (Lipinski definition) is 5. The fourth-order valence-corrected chi connectivity index (χ4v) is 3.52. The van der Waals surface area contributed by atoms with Crippen molar-refractivity contribution in [1.82, 2.24) is 4.90 Å². The molecular weight excluding hydrogens is 270 g/mol. The van der Waals surface area contributed by atoms with Gasteiger partial charge in [-0.2, -0.15) is 0 Å². The lowest BCUT2D eigenvalue weighted by molar-refractivity contribution is 0.0944. The number of thiophene rings is 1.